The Balaban J connectivity index is 1.38. The van der Waals surface area contributed by atoms with Gasteiger partial charge in [0.05, 0.1) is 37.2 Å². The smallest absolute Gasteiger partial charge is 0.337 e. The summed E-state index contributed by atoms with van der Waals surface area (Å²) in [6, 6.07) is 16.6. The van der Waals surface area contributed by atoms with E-state index in [1.165, 1.54) is 19.6 Å². The molecule has 1 aromatic heterocycles. The lowest BCUT2D eigenvalue weighted by Gasteiger charge is -2.36. The summed E-state index contributed by atoms with van der Waals surface area (Å²) >= 11 is 6.09. The van der Waals surface area contributed by atoms with E-state index in [1.54, 1.807) is 18.2 Å². The number of carbonyl (C=O) groups excluding carboxylic acids is 2. The van der Waals surface area contributed by atoms with Crippen molar-refractivity contribution in [3.8, 4) is 0 Å². The van der Waals surface area contributed by atoms with Gasteiger partial charge in [0.25, 0.3) is 5.91 Å². The van der Waals surface area contributed by atoms with Crippen LogP contribution in [0.25, 0.3) is 0 Å². The van der Waals surface area contributed by atoms with E-state index in [-0.39, 0.29) is 18.0 Å². The second-order valence-electron chi connectivity index (χ2n) is 8.14. The highest BCUT2D eigenvalue weighted by Crippen LogP contribution is 2.24. The van der Waals surface area contributed by atoms with Gasteiger partial charge in [-0.25, -0.2) is 4.79 Å². The number of benzene rings is 2. The van der Waals surface area contributed by atoms with Crippen molar-refractivity contribution in [3.63, 3.8) is 0 Å². The normalized spacial score (nSPS) is 15.2. The molecule has 0 aliphatic carbocycles. The number of hydrogen-bond acceptors (Lipinski definition) is 6. The number of methoxy groups -OCH3 is 1. The third-order valence-electron chi connectivity index (χ3n) is 5.92. The van der Waals surface area contributed by atoms with Crippen LogP contribution in [0.15, 0.2) is 71.5 Å². The number of furan rings is 1. The van der Waals surface area contributed by atoms with Gasteiger partial charge in [0.2, 0.25) is 0 Å². The standard InChI is InChI=1S/C26H27ClN2O5/c1-32-26(31)21-4-2-19(3-5-21)17-34-24(20-6-8-23(27)9-7-20)16-28-11-13-29(14-12-28)25(30)22-10-15-33-18-22/h2-10,15,18,24H,11-14,16-17H2,1H3. The van der Waals surface area contributed by atoms with Crippen LogP contribution < -0.4 is 0 Å². The number of ether oxygens (including phenoxy) is 2. The van der Waals surface area contributed by atoms with Gasteiger partial charge in [-0.1, -0.05) is 35.9 Å². The van der Waals surface area contributed by atoms with Crippen molar-refractivity contribution in [3.05, 3.63) is 94.4 Å². The van der Waals surface area contributed by atoms with Crippen LogP contribution in [0.1, 0.15) is 37.9 Å². The van der Waals surface area contributed by atoms with Gasteiger partial charge in [-0.3, -0.25) is 9.69 Å². The highest BCUT2D eigenvalue weighted by Gasteiger charge is 2.25. The topological polar surface area (TPSA) is 72.2 Å². The lowest BCUT2D eigenvalue weighted by Crippen LogP contribution is -2.49. The lowest BCUT2D eigenvalue weighted by atomic mass is 10.1. The first-order valence-electron chi connectivity index (χ1n) is 11.1. The third kappa shape index (κ3) is 6.05. The molecule has 4 rings (SSSR count). The van der Waals surface area contributed by atoms with E-state index in [0.29, 0.717) is 42.4 Å². The number of rotatable bonds is 8. The van der Waals surface area contributed by atoms with E-state index < -0.39 is 0 Å². The van der Waals surface area contributed by atoms with Gasteiger partial charge in [-0.15, -0.1) is 0 Å². The maximum Gasteiger partial charge on any atom is 0.337 e. The van der Waals surface area contributed by atoms with Crippen LogP contribution in [0.4, 0.5) is 0 Å². The number of halogens is 1. The molecule has 0 radical (unpaired) electrons. The fourth-order valence-electron chi connectivity index (χ4n) is 3.92. The van der Waals surface area contributed by atoms with Crippen LogP contribution in [0.5, 0.6) is 0 Å². The molecule has 1 aliphatic heterocycles. The molecule has 2 aromatic carbocycles. The van der Waals surface area contributed by atoms with Gasteiger partial charge in [-0.05, 0) is 41.5 Å². The van der Waals surface area contributed by atoms with Crippen LogP contribution in [-0.2, 0) is 16.1 Å². The quantitative estimate of drug-likeness (QED) is 0.442. The third-order valence-corrected chi connectivity index (χ3v) is 6.17. The zero-order valence-electron chi connectivity index (χ0n) is 19.0. The summed E-state index contributed by atoms with van der Waals surface area (Å²) in [6.07, 6.45) is 2.82. The molecular weight excluding hydrogens is 456 g/mol. The van der Waals surface area contributed by atoms with E-state index in [0.717, 1.165) is 24.2 Å². The van der Waals surface area contributed by atoms with Gasteiger partial charge in [0.1, 0.15) is 6.26 Å². The van der Waals surface area contributed by atoms with Gasteiger partial charge < -0.3 is 18.8 Å². The molecule has 1 aliphatic rings. The van der Waals surface area contributed by atoms with Crippen molar-refractivity contribution in [1.82, 2.24) is 9.80 Å². The van der Waals surface area contributed by atoms with Gasteiger partial charge >= 0.3 is 5.97 Å². The first-order valence-corrected chi connectivity index (χ1v) is 11.5. The number of nitrogens with zero attached hydrogens (tertiary/aromatic N) is 2. The largest absolute Gasteiger partial charge is 0.472 e. The number of amides is 1. The Labute approximate surface area is 203 Å². The Morgan fingerprint density at radius 3 is 2.29 bits per heavy atom. The Bertz CT molecular complexity index is 1080. The second kappa shape index (κ2) is 11.3. The monoisotopic (exact) mass is 482 g/mol. The minimum absolute atomic E-state index is 0.00528. The average molecular weight is 483 g/mol. The fraction of sp³-hybridized carbons (Fsp3) is 0.308. The Morgan fingerprint density at radius 1 is 0.971 bits per heavy atom. The predicted molar refractivity (Wildman–Crippen MR) is 128 cm³/mol. The summed E-state index contributed by atoms with van der Waals surface area (Å²) in [5, 5.41) is 0.673. The number of hydrogen-bond donors (Lipinski definition) is 0. The molecule has 0 bridgehead atoms. The van der Waals surface area contributed by atoms with Crippen molar-refractivity contribution in [1.29, 1.82) is 0 Å². The van der Waals surface area contributed by atoms with Gasteiger partial charge in [0.15, 0.2) is 0 Å². The molecule has 3 aromatic rings. The molecule has 1 atom stereocenters. The fourth-order valence-corrected chi connectivity index (χ4v) is 4.05. The zero-order valence-corrected chi connectivity index (χ0v) is 19.7. The van der Waals surface area contributed by atoms with E-state index >= 15 is 0 Å². The molecule has 34 heavy (non-hydrogen) atoms. The van der Waals surface area contributed by atoms with Crippen LogP contribution in [0.2, 0.25) is 5.02 Å². The molecule has 7 nitrogen and oxygen atoms in total. The molecule has 178 valence electrons. The van der Waals surface area contributed by atoms with Crippen molar-refractivity contribution in [2.45, 2.75) is 12.7 Å². The summed E-state index contributed by atoms with van der Waals surface area (Å²) in [6.45, 7) is 3.89. The van der Waals surface area contributed by atoms with Crippen molar-refractivity contribution in [2.75, 3.05) is 39.8 Å². The molecule has 1 amide bonds. The van der Waals surface area contributed by atoms with Crippen molar-refractivity contribution < 1.29 is 23.5 Å². The minimum atomic E-state index is -0.364. The molecule has 0 saturated carbocycles. The average Bonchev–Trinajstić information content (AvgIpc) is 3.42. The Kier molecular flexibility index (Phi) is 8.00. The number of esters is 1. The van der Waals surface area contributed by atoms with Crippen molar-refractivity contribution >= 4 is 23.5 Å². The predicted octanol–water partition coefficient (Wildman–Crippen LogP) is 4.44. The van der Waals surface area contributed by atoms with Crippen LogP contribution >= 0.6 is 11.6 Å². The minimum Gasteiger partial charge on any atom is -0.472 e. The summed E-state index contributed by atoms with van der Waals surface area (Å²) in [4.78, 5) is 28.4. The molecule has 0 N–H and O–H groups in total. The molecular formula is C26H27ClN2O5. The summed E-state index contributed by atoms with van der Waals surface area (Å²) < 4.78 is 16.1. The molecule has 1 unspecified atom stereocenters. The van der Waals surface area contributed by atoms with E-state index in [4.69, 9.17) is 25.5 Å². The molecule has 2 heterocycles. The Morgan fingerprint density at radius 2 is 1.68 bits per heavy atom. The second-order valence-corrected chi connectivity index (χ2v) is 8.58. The SMILES string of the molecule is COC(=O)c1ccc(COC(CN2CCN(C(=O)c3ccoc3)CC2)c2ccc(Cl)cc2)cc1. The molecule has 1 fully saturated rings. The van der Waals surface area contributed by atoms with Crippen LogP contribution in [-0.4, -0.2) is 61.5 Å². The van der Waals surface area contributed by atoms with Gasteiger partial charge in [-0.2, -0.15) is 0 Å². The first kappa shape index (κ1) is 24.0. The van der Waals surface area contributed by atoms with Crippen LogP contribution in [0, 0.1) is 0 Å². The highest BCUT2D eigenvalue weighted by molar-refractivity contribution is 6.30. The molecule has 0 spiro atoms. The molecule has 1 saturated heterocycles. The first-order chi connectivity index (χ1) is 16.5. The van der Waals surface area contributed by atoms with E-state index in [2.05, 4.69) is 4.90 Å². The summed E-state index contributed by atoms with van der Waals surface area (Å²) in [5.41, 5.74) is 3.08. The summed E-state index contributed by atoms with van der Waals surface area (Å²) in [7, 11) is 1.36. The Hall–Kier alpha value is -3.13. The highest BCUT2D eigenvalue weighted by atomic mass is 35.5. The zero-order chi connectivity index (χ0) is 23.9. The lowest BCUT2D eigenvalue weighted by molar-refractivity contribution is 0.00340. The van der Waals surface area contributed by atoms with E-state index in [9.17, 15) is 9.59 Å². The maximum atomic E-state index is 12.6. The number of carbonyl (C=O) groups is 2. The van der Waals surface area contributed by atoms with Crippen LogP contribution in [0.3, 0.4) is 0 Å². The number of piperazine rings is 1. The summed E-state index contributed by atoms with van der Waals surface area (Å²) in [5.74, 6) is -0.369. The van der Waals surface area contributed by atoms with Crippen molar-refractivity contribution in [2.24, 2.45) is 0 Å². The molecule has 8 heteroatoms. The van der Waals surface area contributed by atoms with Gasteiger partial charge in [0, 0.05) is 37.7 Å². The maximum absolute atomic E-state index is 12.6. The van der Waals surface area contributed by atoms with E-state index in [1.807, 2.05) is 41.3 Å².